The van der Waals surface area contributed by atoms with E-state index >= 15 is 0 Å². The molecule has 1 saturated heterocycles. The van der Waals surface area contributed by atoms with Crippen molar-refractivity contribution in [3.8, 4) is 0 Å². The Morgan fingerprint density at radius 2 is 1.90 bits per heavy atom. The largest absolute Gasteiger partial charge is 0.409 e. The fraction of sp³-hybridized carbons (Fsp3) is 0.933. The number of aliphatic hydroxyl groups is 1. The van der Waals surface area contributed by atoms with Crippen LogP contribution in [0.5, 0.6) is 0 Å². The van der Waals surface area contributed by atoms with Gasteiger partial charge in [-0.05, 0) is 32.0 Å². The molecule has 0 bridgehead atoms. The molecule has 1 fully saturated rings. The maximum absolute atomic E-state index is 11.8. The molecule has 0 saturated carbocycles. The number of Topliss-reactive ketones (excluding diaryl/α,β-unsaturated/α-hetero) is 1. The van der Waals surface area contributed by atoms with Crippen molar-refractivity contribution in [1.29, 1.82) is 0 Å². The number of carbonyl (C=O) groups is 1. The molecule has 0 aromatic carbocycles. The molecule has 0 aliphatic carbocycles. The van der Waals surface area contributed by atoms with E-state index in [0.29, 0.717) is 0 Å². The maximum Gasteiger partial charge on any atom is 0.192 e. The first-order chi connectivity index (χ1) is 9.35. The highest BCUT2D eigenvalue weighted by Gasteiger charge is 2.52. The molecule has 1 heterocycles. The minimum atomic E-state index is -2.05. The molecule has 5 nitrogen and oxygen atoms in total. The van der Waals surface area contributed by atoms with Gasteiger partial charge in [-0.1, -0.05) is 20.8 Å². The normalized spacial score (nSPS) is 34.8. The number of carbonyl (C=O) groups excluding carboxylic acids is 1. The summed E-state index contributed by atoms with van der Waals surface area (Å²) in [5.41, 5.74) is -1.51. The molecule has 4 atom stereocenters. The van der Waals surface area contributed by atoms with E-state index in [2.05, 4.69) is 33.9 Å². The third-order valence-electron chi connectivity index (χ3n) is 4.92. The SMILES string of the molecule is CO[C@H]1O[C@H](C)[C@@](O)(C(C)=O)C[C@H]1O[Si](C)(C)C(C)(C)C. The summed E-state index contributed by atoms with van der Waals surface area (Å²) in [6.45, 7) is 13.8. The van der Waals surface area contributed by atoms with E-state index in [4.69, 9.17) is 13.9 Å². The van der Waals surface area contributed by atoms with Crippen molar-refractivity contribution in [2.75, 3.05) is 7.11 Å². The fourth-order valence-electron chi connectivity index (χ4n) is 2.26. The summed E-state index contributed by atoms with van der Waals surface area (Å²) in [5.74, 6) is -0.298. The lowest BCUT2D eigenvalue weighted by molar-refractivity contribution is -0.269. The summed E-state index contributed by atoms with van der Waals surface area (Å²) in [6, 6.07) is 0. The van der Waals surface area contributed by atoms with Crippen molar-refractivity contribution in [3.63, 3.8) is 0 Å². The van der Waals surface area contributed by atoms with Crippen molar-refractivity contribution in [3.05, 3.63) is 0 Å². The number of methoxy groups -OCH3 is 1. The summed E-state index contributed by atoms with van der Waals surface area (Å²) in [7, 11) is -0.499. The topological polar surface area (TPSA) is 65.0 Å². The minimum Gasteiger partial charge on any atom is -0.409 e. The maximum atomic E-state index is 11.8. The van der Waals surface area contributed by atoms with Gasteiger partial charge in [0.15, 0.2) is 26.0 Å². The molecule has 0 spiro atoms. The number of ether oxygens (including phenoxy) is 2. The van der Waals surface area contributed by atoms with E-state index in [-0.39, 0.29) is 17.2 Å². The lowest BCUT2D eigenvalue weighted by atomic mass is 9.85. The van der Waals surface area contributed by atoms with Crippen LogP contribution in [0.3, 0.4) is 0 Å². The Balaban J connectivity index is 3.00. The van der Waals surface area contributed by atoms with Crippen LogP contribution in [0.2, 0.25) is 18.1 Å². The van der Waals surface area contributed by atoms with Crippen LogP contribution in [0.4, 0.5) is 0 Å². The zero-order valence-corrected chi connectivity index (χ0v) is 15.5. The molecule has 0 aromatic rings. The summed E-state index contributed by atoms with van der Waals surface area (Å²) in [5, 5.41) is 10.6. The molecule has 1 N–H and O–H groups in total. The predicted octanol–water partition coefficient (Wildman–Crippen LogP) is 2.48. The molecule has 124 valence electrons. The van der Waals surface area contributed by atoms with Crippen LogP contribution in [0, 0.1) is 0 Å². The number of hydrogen-bond donors (Lipinski definition) is 1. The van der Waals surface area contributed by atoms with Gasteiger partial charge in [0.2, 0.25) is 0 Å². The Labute approximate surface area is 129 Å². The van der Waals surface area contributed by atoms with Crippen LogP contribution < -0.4 is 0 Å². The van der Waals surface area contributed by atoms with Crippen molar-refractivity contribution in [1.82, 2.24) is 0 Å². The summed E-state index contributed by atoms with van der Waals surface area (Å²) in [6.07, 6.45) is -1.41. The Bertz CT molecular complexity index is 390. The van der Waals surface area contributed by atoms with Gasteiger partial charge in [0.1, 0.15) is 0 Å². The molecule has 21 heavy (non-hydrogen) atoms. The molecule has 1 rings (SSSR count). The molecule has 0 aromatic heterocycles. The van der Waals surface area contributed by atoms with Crippen LogP contribution in [-0.2, 0) is 18.7 Å². The molecule has 0 radical (unpaired) electrons. The second kappa shape index (κ2) is 6.08. The monoisotopic (exact) mass is 318 g/mol. The third-order valence-corrected chi connectivity index (χ3v) is 9.43. The Kier molecular flexibility index (Phi) is 5.44. The van der Waals surface area contributed by atoms with Gasteiger partial charge >= 0.3 is 0 Å². The van der Waals surface area contributed by atoms with Gasteiger partial charge in [-0.3, -0.25) is 4.79 Å². The first kappa shape index (κ1) is 18.8. The van der Waals surface area contributed by atoms with E-state index in [1.807, 2.05) is 0 Å². The minimum absolute atomic E-state index is 0.0305. The van der Waals surface area contributed by atoms with Crippen molar-refractivity contribution in [2.45, 2.75) is 83.3 Å². The Morgan fingerprint density at radius 1 is 1.38 bits per heavy atom. The van der Waals surface area contributed by atoms with Crippen LogP contribution in [-0.4, -0.2) is 50.4 Å². The molecule has 0 unspecified atom stereocenters. The van der Waals surface area contributed by atoms with Crippen molar-refractivity contribution in [2.24, 2.45) is 0 Å². The molecular weight excluding hydrogens is 288 g/mol. The van der Waals surface area contributed by atoms with Crippen molar-refractivity contribution < 1.29 is 23.8 Å². The average molecular weight is 318 g/mol. The van der Waals surface area contributed by atoms with E-state index in [9.17, 15) is 9.90 Å². The van der Waals surface area contributed by atoms with E-state index in [1.165, 1.54) is 6.92 Å². The van der Waals surface area contributed by atoms with Crippen LogP contribution >= 0.6 is 0 Å². The van der Waals surface area contributed by atoms with Gasteiger partial charge in [-0.25, -0.2) is 0 Å². The standard InChI is InChI=1S/C15H30O5Si/c1-10(16)15(17)9-12(13(18-6)19-11(15)2)20-21(7,8)14(3,4)5/h11-13,17H,9H2,1-8H3/t11-,12-,13+,15+/m1/s1. The molecule has 6 heteroatoms. The van der Waals surface area contributed by atoms with Crippen LogP contribution in [0.1, 0.15) is 41.0 Å². The Hall–Kier alpha value is -0.273. The molecule has 0 amide bonds. The fourth-order valence-corrected chi connectivity index (χ4v) is 3.56. The summed E-state index contributed by atoms with van der Waals surface area (Å²) in [4.78, 5) is 11.8. The number of hydrogen-bond acceptors (Lipinski definition) is 5. The Morgan fingerprint density at radius 3 is 2.29 bits per heavy atom. The van der Waals surface area contributed by atoms with Gasteiger partial charge < -0.3 is 19.0 Å². The quantitative estimate of drug-likeness (QED) is 0.807. The summed E-state index contributed by atoms with van der Waals surface area (Å²) < 4.78 is 17.4. The van der Waals surface area contributed by atoms with Gasteiger partial charge in [-0.15, -0.1) is 0 Å². The number of rotatable bonds is 4. The van der Waals surface area contributed by atoms with Gasteiger partial charge in [0.05, 0.1) is 12.2 Å². The van der Waals surface area contributed by atoms with Crippen LogP contribution in [0.25, 0.3) is 0 Å². The highest BCUT2D eigenvalue weighted by atomic mass is 28.4. The number of ketones is 1. The zero-order valence-electron chi connectivity index (χ0n) is 14.5. The van der Waals surface area contributed by atoms with Gasteiger partial charge in [0.25, 0.3) is 0 Å². The average Bonchev–Trinajstić information content (AvgIpc) is 2.31. The van der Waals surface area contributed by atoms with Crippen LogP contribution in [0.15, 0.2) is 0 Å². The van der Waals surface area contributed by atoms with E-state index < -0.39 is 32.4 Å². The van der Waals surface area contributed by atoms with Crippen molar-refractivity contribution >= 4 is 14.1 Å². The first-order valence-electron chi connectivity index (χ1n) is 7.44. The smallest absolute Gasteiger partial charge is 0.192 e. The predicted molar refractivity (Wildman–Crippen MR) is 83.7 cm³/mol. The highest BCUT2D eigenvalue weighted by molar-refractivity contribution is 6.74. The van der Waals surface area contributed by atoms with E-state index in [1.54, 1.807) is 14.0 Å². The van der Waals surface area contributed by atoms with E-state index in [0.717, 1.165) is 0 Å². The second-order valence-corrected chi connectivity index (χ2v) is 12.2. The molecule has 1 aliphatic heterocycles. The zero-order chi connectivity index (χ0) is 16.6. The van der Waals surface area contributed by atoms with Gasteiger partial charge in [0, 0.05) is 13.5 Å². The second-order valence-electron chi connectivity index (χ2n) is 7.48. The lowest BCUT2D eigenvalue weighted by Crippen LogP contribution is -2.61. The third kappa shape index (κ3) is 3.74. The molecule has 1 aliphatic rings. The lowest BCUT2D eigenvalue weighted by Gasteiger charge is -2.47. The highest BCUT2D eigenvalue weighted by Crippen LogP contribution is 2.41. The summed E-state index contributed by atoms with van der Waals surface area (Å²) >= 11 is 0. The van der Waals surface area contributed by atoms with Gasteiger partial charge in [-0.2, -0.15) is 0 Å². The molecular formula is C15H30O5Si. The first-order valence-corrected chi connectivity index (χ1v) is 10.4.